The van der Waals surface area contributed by atoms with Crippen molar-refractivity contribution in [3.05, 3.63) is 23.5 Å². The fraction of sp³-hybridized carbons (Fsp3) is 0.286. The van der Waals surface area contributed by atoms with Gasteiger partial charge in [0.15, 0.2) is 5.69 Å². The van der Waals surface area contributed by atoms with E-state index in [2.05, 4.69) is 4.98 Å². The molecule has 0 aliphatic heterocycles. The molecule has 0 bridgehead atoms. The molecule has 0 spiro atoms. The molecule has 8 heteroatoms. The third-order valence-electron chi connectivity index (χ3n) is 1.51. The molecule has 0 aliphatic rings. The molecule has 0 amide bonds. The molecule has 1 aromatic heterocycles. The van der Waals surface area contributed by atoms with Crippen molar-refractivity contribution < 1.29 is 26.3 Å². The molecule has 2 N–H and O–H groups in total. The van der Waals surface area contributed by atoms with Crippen molar-refractivity contribution in [3.63, 3.8) is 0 Å². The summed E-state index contributed by atoms with van der Waals surface area (Å²) in [5.41, 5.74) is 0.947. The highest BCUT2D eigenvalue weighted by molar-refractivity contribution is 5.46. The fourth-order valence-electron chi connectivity index (χ4n) is 0.874. The van der Waals surface area contributed by atoms with Crippen molar-refractivity contribution in [2.45, 2.75) is 12.4 Å². The first-order valence-electron chi connectivity index (χ1n) is 3.52. The zero-order valence-corrected chi connectivity index (χ0v) is 6.95. The lowest BCUT2D eigenvalue weighted by atomic mass is 10.2. The number of pyridine rings is 1. The third-order valence-corrected chi connectivity index (χ3v) is 1.51. The van der Waals surface area contributed by atoms with Gasteiger partial charge in [-0.1, -0.05) is 0 Å². The van der Waals surface area contributed by atoms with Crippen LogP contribution < -0.4 is 5.73 Å². The van der Waals surface area contributed by atoms with Gasteiger partial charge in [-0.05, 0) is 6.07 Å². The van der Waals surface area contributed by atoms with Gasteiger partial charge in [0.25, 0.3) is 0 Å². The zero-order chi connectivity index (χ0) is 11.9. The SMILES string of the molecule is Nc1cc(C(F)(F)F)cnc1C(F)(F)F. The molecule has 0 saturated heterocycles. The van der Waals surface area contributed by atoms with Gasteiger partial charge in [-0.2, -0.15) is 26.3 Å². The molecule has 1 heterocycles. The predicted octanol–water partition coefficient (Wildman–Crippen LogP) is 2.70. The Balaban J connectivity index is 3.21. The molecule has 0 aromatic carbocycles. The molecular formula is C7H4F6N2. The lowest BCUT2D eigenvalue weighted by Crippen LogP contribution is -2.14. The first-order chi connectivity index (χ1) is 6.62. The minimum absolute atomic E-state index is 0.0964. The highest BCUT2D eigenvalue weighted by Gasteiger charge is 2.37. The Bertz CT molecular complexity index is 367. The van der Waals surface area contributed by atoms with E-state index in [1.54, 1.807) is 0 Å². The van der Waals surface area contributed by atoms with Gasteiger partial charge in [0.05, 0.1) is 11.3 Å². The second kappa shape index (κ2) is 3.28. The van der Waals surface area contributed by atoms with Crippen LogP contribution in [0.25, 0.3) is 0 Å². The minimum atomic E-state index is -4.85. The average Bonchev–Trinajstić information content (AvgIpc) is 1.99. The van der Waals surface area contributed by atoms with E-state index in [4.69, 9.17) is 5.73 Å². The maximum Gasteiger partial charge on any atom is 0.435 e. The maximum atomic E-state index is 12.1. The van der Waals surface area contributed by atoms with Gasteiger partial charge < -0.3 is 5.73 Å². The quantitative estimate of drug-likeness (QED) is 0.696. The van der Waals surface area contributed by atoms with Crippen molar-refractivity contribution in [2.24, 2.45) is 0 Å². The van der Waals surface area contributed by atoms with Gasteiger partial charge in [0, 0.05) is 6.20 Å². The molecule has 2 nitrogen and oxygen atoms in total. The van der Waals surface area contributed by atoms with E-state index in [1.807, 2.05) is 0 Å². The third kappa shape index (κ3) is 2.51. The summed E-state index contributed by atoms with van der Waals surface area (Å²) in [5.74, 6) is 0. The number of anilines is 1. The highest BCUT2D eigenvalue weighted by atomic mass is 19.4. The van der Waals surface area contributed by atoms with Gasteiger partial charge >= 0.3 is 12.4 Å². The van der Waals surface area contributed by atoms with Gasteiger partial charge in [-0.15, -0.1) is 0 Å². The average molecular weight is 230 g/mol. The molecule has 84 valence electrons. The molecule has 0 radical (unpaired) electrons. The van der Waals surface area contributed by atoms with Crippen LogP contribution in [0.1, 0.15) is 11.3 Å². The minimum Gasteiger partial charge on any atom is -0.397 e. The largest absolute Gasteiger partial charge is 0.435 e. The van der Waals surface area contributed by atoms with Gasteiger partial charge in [0.1, 0.15) is 0 Å². The monoisotopic (exact) mass is 230 g/mol. The smallest absolute Gasteiger partial charge is 0.397 e. The van der Waals surface area contributed by atoms with Crippen molar-refractivity contribution in [1.82, 2.24) is 4.98 Å². The molecular weight excluding hydrogens is 226 g/mol. The molecule has 0 atom stereocenters. The van der Waals surface area contributed by atoms with Crippen LogP contribution in [0, 0.1) is 0 Å². The Morgan fingerprint density at radius 2 is 1.53 bits per heavy atom. The molecule has 1 rings (SSSR count). The Morgan fingerprint density at radius 1 is 1.00 bits per heavy atom. The number of nitrogens with two attached hydrogens (primary N) is 1. The summed E-state index contributed by atoms with van der Waals surface area (Å²) in [6.45, 7) is 0. The Kier molecular flexibility index (Phi) is 2.54. The van der Waals surface area contributed by atoms with Gasteiger partial charge in [-0.25, -0.2) is 4.98 Å². The van der Waals surface area contributed by atoms with Crippen LogP contribution in [0.2, 0.25) is 0 Å². The van der Waals surface area contributed by atoms with E-state index < -0.39 is 29.3 Å². The molecule has 1 aromatic rings. The number of nitrogens with zero attached hydrogens (tertiary/aromatic N) is 1. The van der Waals surface area contributed by atoms with Crippen molar-refractivity contribution >= 4 is 5.69 Å². The number of nitrogen functional groups attached to an aromatic ring is 1. The molecule has 0 aliphatic carbocycles. The van der Waals surface area contributed by atoms with Gasteiger partial charge in [-0.3, -0.25) is 0 Å². The topological polar surface area (TPSA) is 38.9 Å². The summed E-state index contributed by atoms with van der Waals surface area (Å²) in [6, 6.07) is 0.204. The maximum absolute atomic E-state index is 12.1. The summed E-state index contributed by atoms with van der Waals surface area (Å²) in [4.78, 5) is 2.65. The van der Waals surface area contributed by atoms with Crippen molar-refractivity contribution in [2.75, 3.05) is 5.73 Å². The number of halogens is 6. The van der Waals surface area contributed by atoms with Crippen molar-refractivity contribution in [1.29, 1.82) is 0 Å². The Hall–Kier alpha value is -1.47. The normalized spacial score (nSPS) is 12.9. The fourth-order valence-corrected chi connectivity index (χ4v) is 0.874. The number of alkyl halides is 6. The predicted molar refractivity (Wildman–Crippen MR) is 38.7 cm³/mol. The van der Waals surface area contributed by atoms with Gasteiger partial charge in [0.2, 0.25) is 0 Å². The lowest BCUT2D eigenvalue weighted by molar-refractivity contribution is -0.143. The summed E-state index contributed by atoms with van der Waals surface area (Å²) >= 11 is 0. The Morgan fingerprint density at radius 3 is 1.87 bits per heavy atom. The van der Waals surface area contributed by atoms with Crippen molar-refractivity contribution in [3.8, 4) is 0 Å². The number of rotatable bonds is 0. The molecule has 0 fully saturated rings. The van der Waals surface area contributed by atoms with Crippen LogP contribution in [0.15, 0.2) is 12.3 Å². The van der Waals surface area contributed by atoms with E-state index in [0.29, 0.717) is 0 Å². The first kappa shape index (κ1) is 11.6. The number of hydrogen-bond acceptors (Lipinski definition) is 2. The second-order valence-electron chi connectivity index (χ2n) is 2.66. The zero-order valence-electron chi connectivity index (χ0n) is 6.95. The first-order valence-corrected chi connectivity index (χ1v) is 3.52. The highest BCUT2D eigenvalue weighted by Crippen LogP contribution is 2.35. The molecule has 15 heavy (non-hydrogen) atoms. The second-order valence-corrected chi connectivity index (χ2v) is 2.66. The number of aromatic nitrogens is 1. The lowest BCUT2D eigenvalue weighted by Gasteiger charge is -2.11. The van der Waals surface area contributed by atoms with E-state index in [9.17, 15) is 26.3 Å². The van der Waals surface area contributed by atoms with Crippen LogP contribution in [-0.4, -0.2) is 4.98 Å². The van der Waals surface area contributed by atoms with E-state index in [1.165, 1.54) is 0 Å². The van der Waals surface area contributed by atoms with Crippen LogP contribution >= 0.6 is 0 Å². The standard InChI is InChI=1S/C7H4F6N2/c8-6(9,10)3-1-4(14)5(15-2-3)7(11,12)13/h1-2H,14H2. The van der Waals surface area contributed by atoms with Crippen LogP contribution in [-0.2, 0) is 12.4 Å². The number of hydrogen-bond donors (Lipinski definition) is 1. The van der Waals surface area contributed by atoms with Crippen LogP contribution in [0.3, 0.4) is 0 Å². The van der Waals surface area contributed by atoms with E-state index >= 15 is 0 Å². The molecule has 0 unspecified atom stereocenters. The summed E-state index contributed by atoms with van der Waals surface area (Å²) < 4.78 is 72.2. The molecule has 0 saturated carbocycles. The summed E-state index contributed by atoms with van der Waals surface area (Å²) in [7, 11) is 0. The summed E-state index contributed by atoms with van der Waals surface area (Å²) in [5, 5.41) is 0. The van der Waals surface area contributed by atoms with E-state index in [-0.39, 0.29) is 12.3 Å². The van der Waals surface area contributed by atoms with Crippen LogP contribution in [0.4, 0.5) is 32.0 Å². The Labute approximate surface area is 79.7 Å². The summed E-state index contributed by atoms with van der Waals surface area (Å²) in [6.07, 6.45) is -9.52. The van der Waals surface area contributed by atoms with E-state index in [0.717, 1.165) is 0 Å². The van der Waals surface area contributed by atoms with Crippen LogP contribution in [0.5, 0.6) is 0 Å².